The molecule has 0 aromatic carbocycles. The molecule has 3 heteroatoms. The van der Waals surface area contributed by atoms with E-state index in [2.05, 4.69) is 6.92 Å². The molecule has 2 aliphatic rings. The summed E-state index contributed by atoms with van der Waals surface area (Å²) in [5.41, 5.74) is -1.13. The Morgan fingerprint density at radius 3 is 2.81 bits per heavy atom. The average Bonchev–Trinajstić information content (AvgIpc) is 2.57. The monoisotopic (exact) mass is 224 g/mol. The Labute approximate surface area is 96.5 Å². The largest absolute Gasteiger partial charge is 0.370 e. The number of ether oxygens (including phenoxy) is 1. The summed E-state index contributed by atoms with van der Waals surface area (Å²) in [6.45, 7) is 5.37. The van der Waals surface area contributed by atoms with Crippen LogP contribution in [0, 0.1) is 5.41 Å². The van der Waals surface area contributed by atoms with Crippen LogP contribution in [0.4, 0.5) is 0 Å². The predicted molar refractivity (Wildman–Crippen MR) is 60.2 cm³/mol. The summed E-state index contributed by atoms with van der Waals surface area (Å²) in [6.07, 6.45) is 3.98. The predicted octanol–water partition coefficient (Wildman–Crippen LogP) is 2.27. The van der Waals surface area contributed by atoms with Crippen LogP contribution in [0.15, 0.2) is 0 Å². The maximum atomic E-state index is 12.2. The highest BCUT2D eigenvalue weighted by molar-refractivity contribution is 6.07. The van der Waals surface area contributed by atoms with Crippen molar-refractivity contribution in [3.63, 3.8) is 0 Å². The second kappa shape index (κ2) is 3.66. The number of ketones is 2. The van der Waals surface area contributed by atoms with Crippen LogP contribution in [0.2, 0.25) is 0 Å². The number of carbonyl (C=O) groups excluding carboxylic acids is 2. The molecule has 0 amide bonds. The number of Topliss-reactive ketones (excluding diaryl/α,β-unsaturated/α-hetero) is 2. The van der Waals surface area contributed by atoms with E-state index < -0.39 is 5.41 Å². The fourth-order valence-corrected chi connectivity index (χ4v) is 3.16. The third-order valence-corrected chi connectivity index (χ3v) is 4.40. The topological polar surface area (TPSA) is 43.4 Å². The number of hydrogen-bond donors (Lipinski definition) is 0. The fraction of sp³-hybridized carbons (Fsp3) is 0.846. The Bertz CT molecular complexity index is 336. The number of fused-ring (bicyclic) bond motifs is 2. The van der Waals surface area contributed by atoms with Gasteiger partial charge >= 0.3 is 0 Å². The van der Waals surface area contributed by atoms with E-state index >= 15 is 0 Å². The molecule has 90 valence electrons. The standard InChI is InChI=1S/C13H20O3/c1-4-6-13-7-5-11(16-13)12(3,9(2)14)10(15)8-13/h11H,4-8H2,1-3H3/t11-,12+,13+/m1/s1. The second-order valence-electron chi connectivity index (χ2n) is 5.44. The lowest BCUT2D eigenvalue weighted by Crippen LogP contribution is -2.53. The van der Waals surface area contributed by atoms with Crippen molar-refractivity contribution >= 4 is 11.6 Å². The Morgan fingerprint density at radius 2 is 2.25 bits per heavy atom. The summed E-state index contributed by atoms with van der Waals surface area (Å²) in [5.74, 6) is 0.0386. The SMILES string of the molecule is CCC[C@@]12CC[C@@H](O1)[C@@](C)(C(C)=O)C(=O)C2. The van der Waals surface area contributed by atoms with E-state index in [4.69, 9.17) is 4.74 Å². The normalized spacial score (nSPS) is 42.4. The van der Waals surface area contributed by atoms with E-state index in [1.54, 1.807) is 6.92 Å². The van der Waals surface area contributed by atoms with Crippen LogP contribution in [-0.4, -0.2) is 23.3 Å². The van der Waals surface area contributed by atoms with Crippen molar-refractivity contribution in [3.8, 4) is 0 Å². The zero-order chi connectivity index (χ0) is 12.0. The van der Waals surface area contributed by atoms with Crippen molar-refractivity contribution in [3.05, 3.63) is 0 Å². The van der Waals surface area contributed by atoms with Gasteiger partial charge in [0.2, 0.25) is 0 Å². The summed E-state index contributed by atoms with van der Waals surface area (Å²) in [5, 5.41) is 0. The molecule has 2 heterocycles. The molecule has 2 fully saturated rings. The first-order valence-electron chi connectivity index (χ1n) is 6.17. The molecular formula is C13H20O3. The Balaban J connectivity index is 2.28. The van der Waals surface area contributed by atoms with E-state index in [0.29, 0.717) is 6.42 Å². The molecule has 0 aromatic rings. The van der Waals surface area contributed by atoms with Gasteiger partial charge in [-0.15, -0.1) is 0 Å². The molecule has 0 aromatic heterocycles. The lowest BCUT2D eigenvalue weighted by atomic mass is 9.73. The lowest BCUT2D eigenvalue weighted by molar-refractivity contribution is -0.172. The Kier molecular flexibility index (Phi) is 2.69. The van der Waals surface area contributed by atoms with E-state index in [0.717, 1.165) is 25.7 Å². The molecule has 0 unspecified atom stereocenters. The van der Waals surface area contributed by atoms with E-state index in [-0.39, 0.29) is 23.3 Å². The van der Waals surface area contributed by atoms with Gasteiger partial charge < -0.3 is 4.74 Å². The molecular weight excluding hydrogens is 204 g/mol. The van der Waals surface area contributed by atoms with E-state index in [1.807, 2.05) is 0 Å². The highest BCUT2D eigenvalue weighted by Crippen LogP contribution is 2.50. The summed E-state index contributed by atoms with van der Waals surface area (Å²) in [6, 6.07) is 0. The smallest absolute Gasteiger partial charge is 0.151 e. The van der Waals surface area contributed by atoms with Gasteiger partial charge in [-0.1, -0.05) is 13.3 Å². The van der Waals surface area contributed by atoms with Crippen molar-refractivity contribution in [2.75, 3.05) is 0 Å². The maximum absolute atomic E-state index is 12.2. The molecule has 3 nitrogen and oxygen atoms in total. The first-order chi connectivity index (χ1) is 7.44. The van der Waals surface area contributed by atoms with Gasteiger partial charge in [-0.3, -0.25) is 9.59 Å². The molecule has 2 saturated heterocycles. The minimum atomic E-state index is -0.881. The first kappa shape index (κ1) is 11.8. The molecule has 2 aliphatic heterocycles. The number of carbonyl (C=O) groups is 2. The molecule has 3 atom stereocenters. The second-order valence-corrected chi connectivity index (χ2v) is 5.44. The van der Waals surface area contributed by atoms with Gasteiger partial charge in [0.15, 0.2) is 5.78 Å². The summed E-state index contributed by atoms with van der Waals surface area (Å²) >= 11 is 0. The molecule has 0 saturated carbocycles. The van der Waals surface area contributed by atoms with Gasteiger partial charge in [-0.25, -0.2) is 0 Å². The van der Waals surface area contributed by atoms with Crippen LogP contribution in [0.25, 0.3) is 0 Å². The Morgan fingerprint density at radius 1 is 1.56 bits per heavy atom. The van der Waals surface area contributed by atoms with Crippen LogP contribution < -0.4 is 0 Å². The molecule has 0 N–H and O–H groups in total. The van der Waals surface area contributed by atoms with E-state index in [1.165, 1.54) is 6.92 Å². The van der Waals surface area contributed by atoms with Gasteiger partial charge in [0.05, 0.1) is 11.7 Å². The molecule has 0 radical (unpaired) electrons. The van der Waals surface area contributed by atoms with Crippen molar-refractivity contribution in [1.82, 2.24) is 0 Å². The number of rotatable bonds is 3. The summed E-state index contributed by atoms with van der Waals surface area (Å²) < 4.78 is 6.03. The molecule has 2 rings (SSSR count). The van der Waals surface area contributed by atoms with Crippen molar-refractivity contribution in [2.24, 2.45) is 5.41 Å². The van der Waals surface area contributed by atoms with Gasteiger partial charge in [0.25, 0.3) is 0 Å². The minimum Gasteiger partial charge on any atom is -0.370 e. The van der Waals surface area contributed by atoms with Gasteiger partial charge in [-0.05, 0) is 33.1 Å². The van der Waals surface area contributed by atoms with Crippen LogP contribution >= 0.6 is 0 Å². The lowest BCUT2D eigenvalue weighted by Gasteiger charge is -2.41. The zero-order valence-corrected chi connectivity index (χ0v) is 10.3. The van der Waals surface area contributed by atoms with Gasteiger partial charge in [0, 0.05) is 6.42 Å². The van der Waals surface area contributed by atoms with Gasteiger partial charge in [0.1, 0.15) is 11.2 Å². The number of hydrogen-bond acceptors (Lipinski definition) is 3. The van der Waals surface area contributed by atoms with Crippen LogP contribution in [0.1, 0.15) is 52.9 Å². The fourth-order valence-electron chi connectivity index (χ4n) is 3.16. The molecule has 2 bridgehead atoms. The third kappa shape index (κ3) is 1.45. The highest BCUT2D eigenvalue weighted by Gasteiger charge is 2.59. The van der Waals surface area contributed by atoms with E-state index in [9.17, 15) is 9.59 Å². The van der Waals surface area contributed by atoms with Crippen LogP contribution in [0.3, 0.4) is 0 Å². The first-order valence-corrected chi connectivity index (χ1v) is 6.17. The van der Waals surface area contributed by atoms with Crippen molar-refractivity contribution in [2.45, 2.75) is 64.6 Å². The summed E-state index contributed by atoms with van der Waals surface area (Å²) in [4.78, 5) is 23.9. The average molecular weight is 224 g/mol. The molecule has 16 heavy (non-hydrogen) atoms. The Hall–Kier alpha value is -0.700. The molecule has 0 aliphatic carbocycles. The minimum absolute atomic E-state index is 0.0468. The maximum Gasteiger partial charge on any atom is 0.151 e. The van der Waals surface area contributed by atoms with Crippen LogP contribution in [-0.2, 0) is 14.3 Å². The molecule has 0 spiro atoms. The zero-order valence-electron chi connectivity index (χ0n) is 10.3. The van der Waals surface area contributed by atoms with Crippen molar-refractivity contribution < 1.29 is 14.3 Å². The van der Waals surface area contributed by atoms with Gasteiger partial charge in [-0.2, -0.15) is 0 Å². The summed E-state index contributed by atoms with van der Waals surface area (Å²) in [7, 11) is 0. The van der Waals surface area contributed by atoms with Crippen molar-refractivity contribution in [1.29, 1.82) is 0 Å². The third-order valence-electron chi connectivity index (χ3n) is 4.40. The quantitative estimate of drug-likeness (QED) is 0.691. The van der Waals surface area contributed by atoms with Crippen LogP contribution in [0.5, 0.6) is 0 Å². The highest BCUT2D eigenvalue weighted by atomic mass is 16.5.